The van der Waals surface area contributed by atoms with Crippen molar-refractivity contribution in [2.45, 2.75) is 31.3 Å². The van der Waals surface area contributed by atoms with Crippen LogP contribution < -0.4 is 16.6 Å². The summed E-state index contributed by atoms with van der Waals surface area (Å²) in [6.07, 6.45) is 3.27. The van der Waals surface area contributed by atoms with E-state index in [1.807, 2.05) is 30.3 Å². The number of aromatic nitrogens is 1. The summed E-state index contributed by atoms with van der Waals surface area (Å²) in [5, 5.41) is 5.02. The Morgan fingerprint density at radius 1 is 1.28 bits per heavy atom. The summed E-state index contributed by atoms with van der Waals surface area (Å²) in [4.78, 5) is 14.8. The molecule has 0 radical (unpaired) electrons. The molecule has 0 aliphatic heterocycles. The lowest BCUT2D eigenvalue weighted by atomic mass is 10.1. The van der Waals surface area contributed by atoms with Crippen LogP contribution in [0.25, 0.3) is 10.8 Å². The number of nitrogens with two attached hydrogens (primary N) is 1. The molecule has 4 nitrogen and oxygen atoms in total. The van der Waals surface area contributed by atoms with E-state index in [0.29, 0.717) is 0 Å². The van der Waals surface area contributed by atoms with Crippen LogP contribution in [-0.4, -0.2) is 17.1 Å². The number of fused-ring (bicyclic) bond motifs is 1. The van der Waals surface area contributed by atoms with Gasteiger partial charge in [0, 0.05) is 17.5 Å². The topological polar surface area (TPSA) is 70.9 Å². The van der Waals surface area contributed by atoms with E-state index in [4.69, 9.17) is 5.73 Å². The van der Waals surface area contributed by atoms with Gasteiger partial charge in [-0.3, -0.25) is 4.79 Å². The lowest BCUT2D eigenvalue weighted by Gasteiger charge is -2.18. The number of aromatic amines is 1. The Balaban J connectivity index is 1.95. The van der Waals surface area contributed by atoms with Gasteiger partial charge in [0.1, 0.15) is 5.82 Å². The lowest BCUT2D eigenvalue weighted by molar-refractivity contribution is 0.635. The number of hydrogen-bond acceptors (Lipinski definition) is 3. The third kappa shape index (κ3) is 1.99. The van der Waals surface area contributed by atoms with E-state index >= 15 is 0 Å². The summed E-state index contributed by atoms with van der Waals surface area (Å²) in [7, 11) is 0. The molecular weight excluding hydrogens is 226 g/mol. The molecule has 94 valence electrons. The normalized spacial score (nSPS) is 23.4. The number of anilines is 1. The van der Waals surface area contributed by atoms with Gasteiger partial charge in [0.2, 0.25) is 0 Å². The maximum Gasteiger partial charge on any atom is 0.257 e. The van der Waals surface area contributed by atoms with Gasteiger partial charge >= 0.3 is 0 Å². The van der Waals surface area contributed by atoms with Gasteiger partial charge in [-0.1, -0.05) is 18.2 Å². The first kappa shape index (κ1) is 11.3. The summed E-state index contributed by atoms with van der Waals surface area (Å²) in [5.41, 5.74) is 5.97. The van der Waals surface area contributed by atoms with Crippen LogP contribution in [0, 0.1) is 0 Å². The predicted octanol–water partition coefficient (Wildman–Crippen LogP) is 1.82. The van der Waals surface area contributed by atoms with Crippen LogP contribution in [0.1, 0.15) is 19.3 Å². The largest absolute Gasteiger partial charge is 0.367 e. The molecule has 4 N–H and O–H groups in total. The predicted molar refractivity (Wildman–Crippen MR) is 73.8 cm³/mol. The van der Waals surface area contributed by atoms with E-state index < -0.39 is 0 Å². The second-order valence-corrected chi connectivity index (χ2v) is 4.94. The Morgan fingerprint density at radius 2 is 2.11 bits per heavy atom. The molecule has 1 heterocycles. The van der Waals surface area contributed by atoms with Gasteiger partial charge in [-0.2, -0.15) is 0 Å². The minimum atomic E-state index is -0.0535. The Kier molecular flexibility index (Phi) is 2.80. The van der Waals surface area contributed by atoms with Crippen LogP contribution in [-0.2, 0) is 0 Å². The molecular formula is C14H17N3O. The summed E-state index contributed by atoms with van der Waals surface area (Å²) in [5.74, 6) is 0.765. The summed E-state index contributed by atoms with van der Waals surface area (Å²) < 4.78 is 0. The Hall–Kier alpha value is -1.81. The van der Waals surface area contributed by atoms with E-state index in [2.05, 4.69) is 10.3 Å². The minimum absolute atomic E-state index is 0.0535. The molecule has 2 atom stereocenters. The van der Waals surface area contributed by atoms with Crippen molar-refractivity contribution in [1.29, 1.82) is 0 Å². The molecule has 1 aliphatic carbocycles. The van der Waals surface area contributed by atoms with Crippen molar-refractivity contribution in [3.63, 3.8) is 0 Å². The zero-order chi connectivity index (χ0) is 12.5. The van der Waals surface area contributed by atoms with Gasteiger partial charge in [0.15, 0.2) is 0 Å². The van der Waals surface area contributed by atoms with E-state index in [9.17, 15) is 4.79 Å². The molecule has 3 rings (SSSR count). The molecule has 4 heteroatoms. The highest BCUT2D eigenvalue weighted by atomic mass is 16.1. The Labute approximate surface area is 105 Å². The Morgan fingerprint density at radius 3 is 2.89 bits per heavy atom. The highest BCUT2D eigenvalue weighted by Crippen LogP contribution is 2.21. The van der Waals surface area contributed by atoms with Gasteiger partial charge in [-0.15, -0.1) is 0 Å². The fourth-order valence-corrected chi connectivity index (χ4v) is 2.66. The first-order chi connectivity index (χ1) is 8.74. The zero-order valence-electron chi connectivity index (χ0n) is 10.1. The zero-order valence-corrected chi connectivity index (χ0v) is 10.1. The van der Waals surface area contributed by atoms with Crippen molar-refractivity contribution < 1.29 is 0 Å². The maximum absolute atomic E-state index is 11.9. The summed E-state index contributed by atoms with van der Waals surface area (Å²) in [6, 6.07) is 10.0. The highest BCUT2D eigenvalue weighted by Gasteiger charge is 2.23. The fraction of sp³-hybridized carbons (Fsp3) is 0.357. The van der Waals surface area contributed by atoms with E-state index in [1.54, 1.807) is 0 Å². The SMILES string of the molecule is NC1CCCC1Nc1cc2ccccc2c(=O)[nH]1. The summed E-state index contributed by atoms with van der Waals surface area (Å²) in [6.45, 7) is 0. The smallest absolute Gasteiger partial charge is 0.257 e. The number of pyridine rings is 1. The molecule has 0 bridgehead atoms. The van der Waals surface area contributed by atoms with Crippen molar-refractivity contribution in [3.05, 3.63) is 40.7 Å². The minimum Gasteiger partial charge on any atom is -0.367 e. The van der Waals surface area contributed by atoms with Gasteiger partial charge in [0.25, 0.3) is 5.56 Å². The molecule has 2 unspecified atom stereocenters. The van der Waals surface area contributed by atoms with Crippen LogP contribution in [0.15, 0.2) is 35.1 Å². The van der Waals surface area contributed by atoms with Gasteiger partial charge in [0.05, 0.1) is 0 Å². The van der Waals surface area contributed by atoms with E-state index in [-0.39, 0.29) is 17.6 Å². The first-order valence-electron chi connectivity index (χ1n) is 6.38. The standard InChI is InChI=1S/C14H17N3O/c15-11-6-3-7-12(11)16-13-8-9-4-1-2-5-10(9)14(18)17-13/h1-2,4-5,8,11-12H,3,6-7,15H2,(H2,16,17,18). The monoisotopic (exact) mass is 243 g/mol. The highest BCUT2D eigenvalue weighted by molar-refractivity contribution is 5.83. The van der Waals surface area contributed by atoms with Crippen LogP contribution >= 0.6 is 0 Å². The average Bonchev–Trinajstić information content (AvgIpc) is 2.75. The molecule has 0 amide bonds. The molecule has 1 aliphatic rings. The van der Waals surface area contributed by atoms with Gasteiger partial charge in [-0.05, 0) is 36.8 Å². The van der Waals surface area contributed by atoms with Crippen LogP contribution in [0.5, 0.6) is 0 Å². The average molecular weight is 243 g/mol. The number of benzene rings is 1. The second kappa shape index (κ2) is 4.46. The number of nitrogens with one attached hydrogen (secondary N) is 2. The quantitative estimate of drug-likeness (QED) is 0.753. The first-order valence-corrected chi connectivity index (χ1v) is 6.38. The van der Waals surface area contributed by atoms with Crippen LogP contribution in [0.3, 0.4) is 0 Å². The van der Waals surface area contributed by atoms with Gasteiger partial charge < -0.3 is 16.0 Å². The van der Waals surface area contributed by atoms with Crippen molar-refractivity contribution in [3.8, 4) is 0 Å². The lowest BCUT2D eigenvalue weighted by Crippen LogP contribution is -2.35. The molecule has 1 aromatic carbocycles. The van der Waals surface area contributed by atoms with Crippen molar-refractivity contribution in [1.82, 2.24) is 4.98 Å². The molecule has 1 aromatic heterocycles. The molecule has 2 aromatic rings. The number of rotatable bonds is 2. The molecule has 1 fully saturated rings. The molecule has 1 saturated carbocycles. The number of H-pyrrole nitrogens is 1. The van der Waals surface area contributed by atoms with Crippen LogP contribution in [0.2, 0.25) is 0 Å². The molecule has 18 heavy (non-hydrogen) atoms. The van der Waals surface area contributed by atoms with Crippen molar-refractivity contribution in [2.75, 3.05) is 5.32 Å². The maximum atomic E-state index is 11.9. The fourth-order valence-electron chi connectivity index (χ4n) is 2.66. The van der Waals surface area contributed by atoms with E-state index in [1.165, 1.54) is 0 Å². The van der Waals surface area contributed by atoms with Gasteiger partial charge in [-0.25, -0.2) is 0 Å². The third-order valence-corrected chi connectivity index (χ3v) is 3.66. The Bertz CT molecular complexity index is 620. The van der Waals surface area contributed by atoms with E-state index in [0.717, 1.165) is 35.9 Å². The molecule has 0 saturated heterocycles. The second-order valence-electron chi connectivity index (χ2n) is 4.94. The van der Waals surface area contributed by atoms with Crippen molar-refractivity contribution in [2.24, 2.45) is 5.73 Å². The van der Waals surface area contributed by atoms with Crippen molar-refractivity contribution >= 4 is 16.6 Å². The summed E-state index contributed by atoms with van der Waals surface area (Å²) >= 11 is 0. The molecule has 0 spiro atoms. The third-order valence-electron chi connectivity index (χ3n) is 3.66. The number of hydrogen-bond donors (Lipinski definition) is 3. The van der Waals surface area contributed by atoms with Crippen LogP contribution in [0.4, 0.5) is 5.82 Å².